The highest BCUT2D eigenvalue weighted by molar-refractivity contribution is 7.07. The Morgan fingerprint density at radius 1 is 1.53 bits per heavy atom. The summed E-state index contributed by atoms with van der Waals surface area (Å²) in [6.45, 7) is 0.499. The van der Waals surface area contributed by atoms with Crippen molar-refractivity contribution in [3.63, 3.8) is 0 Å². The van der Waals surface area contributed by atoms with Gasteiger partial charge in [0.25, 0.3) is 0 Å². The molecule has 0 amide bonds. The zero-order valence-corrected chi connectivity index (χ0v) is 9.57. The number of nitrogens with two attached hydrogens (primary N) is 1. The van der Waals surface area contributed by atoms with Crippen molar-refractivity contribution >= 4 is 28.8 Å². The van der Waals surface area contributed by atoms with E-state index in [0.717, 1.165) is 5.69 Å². The molecule has 4 N–H and O–H groups in total. The van der Waals surface area contributed by atoms with Crippen molar-refractivity contribution in [2.24, 2.45) is 0 Å². The van der Waals surface area contributed by atoms with Crippen LogP contribution in [0.15, 0.2) is 23.2 Å². The summed E-state index contributed by atoms with van der Waals surface area (Å²) >= 11 is 1.50. The fraction of sp³-hybridized carbons (Fsp3) is 0.100. The topological polar surface area (TPSA) is 101 Å². The minimum absolute atomic E-state index is 0.0424. The molecule has 0 aliphatic rings. The van der Waals surface area contributed by atoms with E-state index in [9.17, 15) is 4.79 Å². The largest absolute Gasteiger partial charge is 0.478 e. The quantitative estimate of drug-likeness (QED) is 0.758. The van der Waals surface area contributed by atoms with Gasteiger partial charge in [-0.15, -0.1) is 11.3 Å². The van der Waals surface area contributed by atoms with Gasteiger partial charge in [0.05, 0.1) is 35.2 Å². The van der Waals surface area contributed by atoms with Gasteiger partial charge in [-0.2, -0.15) is 0 Å². The fourth-order valence-electron chi connectivity index (χ4n) is 1.25. The lowest BCUT2D eigenvalue weighted by Crippen LogP contribution is -2.07. The molecular weight excluding hydrogens is 240 g/mol. The molecule has 2 rings (SSSR count). The number of nitrogen functional groups attached to an aromatic ring is 1. The van der Waals surface area contributed by atoms with Crippen molar-refractivity contribution in [1.82, 2.24) is 9.97 Å². The Balaban J connectivity index is 2.11. The third kappa shape index (κ3) is 2.70. The summed E-state index contributed by atoms with van der Waals surface area (Å²) in [4.78, 5) is 19.0. The van der Waals surface area contributed by atoms with Gasteiger partial charge in [-0.3, -0.25) is 0 Å². The van der Waals surface area contributed by atoms with Crippen molar-refractivity contribution in [1.29, 1.82) is 0 Å². The van der Waals surface area contributed by atoms with Crippen LogP contribution in [0.2, 0.25) is 0 Å². The van der Waals surface area contributed by atoms with Crippen molar-refractivity contribution in [2.45, 2.75) is 6.54 Å². The molecule has 0 radical (unpaired) electrons. The number of nitrogens with zero attached hydrogens (tertiary/aromatic N) is 2. The summed E-state index contributed by atoms with van der Waals surface area (Å²) in [6, 6.07) is 1.41. The van der Waals surface area contributed by atoms with Crippen LogP contribution in [0.5, 0.6) is 0 Å². The number of pyridine rings is 1. The summed E-state index contributed by atoms with van der Waals surface area (Å²) in [5.74, 6) is -0.605. The second kappa shape index (κ2) is 4.79. The summed E-state index contributed by atoms with van der Waals surface area (Å²) in [7, 11) is 0. The molecule has 0 aromatic carbocycles. The lowest BCUT2D eigenvalue weighted by Gasteiger charge is -2.06. The molecule has 0 unspecified atom stereocenters. The van der Waals surface area contributed by atoms with Crippen LogP contribution in [-0.2, 0) is 6.54 Å². The van der Waals surface area contributed by atoms with Crippen LogP contribution in [0.4, 0.5) is 11.5 Å². The Hall–Kier alpha value is -2.15. The van der Waals surface area contributed by atoms with E-state index in [4.69, 9.17) is 10.8 Å². The molecule has 0 aliphatic heterocycles. The molecule has 2 aromatic heterocycles. The van der Waals surface area contributed by atoms with Crippen LogP contribution in [0.3, 0.4) is 0 Å². The second-order valence-electron chi connectivity index (χ2n) is 3.30. The Kier molecular flexibility index (Phi) is 3.20. The lowest BCUT2D eigenvalue weighted by molar-refractivity contribution is 0.0698. The maximum absolute atomic E-state index is 10.9. The molecule has 2 heterocycles. The highest BCUT2D eigenvalue weighted by Crippen LogP contribution is 2.15. The zero-order chi connectivity index (χ0) is 12.3. The van der Waals surface area contributed by atoms with Crippen LogP contribution < -0.4 is 11.1 Å². The van der Waals surface area contributed by atoms with Gasteiger partial charge in [0.2, 0.25) is 0 Å². The number of carboxylic acids is 1. The van der Waals surface area contributed by atoms with Crippen LogP contribution in [-0.4, -0.2) is 21.0 Å². The normalized spacial score (nSPS) is 10.1. The number of thiazole rings is 1. The first-order valence-electron chi connectivity index (χ1n) is 4.76. The van der Waals surface area contributed by atoms with E-state index in [1.54, 1.807) is 5.51 Å². The average molecular weight is 250 g/mol. The number of rotatable bonds is 4. The predicted octanol–water partition coefficient (Wildman–Crippen LogP) is 1.43. The second-order valence-corrected chi connectivity index (χ2v) is 4.01. The highest BCUT2D eigenvalue weighted by Gasteiger charge is 2.09. The van der Waals surface area contributed by atoms with E-state index in [0.29, 0.717) is 12.4 Å². The molecule has 0 saturated heterocycles. The molecule has 2 aromatic rings. The van der Waals surface area contributed by atoms with Gasteiger partial charge < -0.3 is 16.2 Å². The minimum atomic E-state index is -1.07. The third-order valence-corrected chi connectivity index (χ3v) is 2.73. The Morgan fingerprint density at radius 3 is 3.00 bits per heavy atom. The van der Waals surface area contributed by atoms with Crippen LogP contribution in [0, 0.1) is 0 Å². The molecular formula is C10H10N4O2S. The number of aromatic carboxylic acids is 1. The van der Waals surface area contributed by atoms with E-state index in [1.165, 1.54) is 23.6 Å². The molecule has 6 nitrogen and oxygen atoms in total. The van der Waals surface area contributed by atoms with Gasteiger partial charge in [-0.1, -0.05) is 0 Å². The Bertz CT molecular complexity index is 527. The summed E-state index contributed by atoms with van der Waals surface area (Å²) in [5.41, 5.74) is 8.30. The fourth-order valence-corrected chi connectivity index (χ4v) is 1.81. The van der Waals surface area contributed by atoms with Crippen LogP contribution in [0.1, 0.15) is 16.1 Å². The third-order valence-electron chi connectivity index (χ3n) is 2.10. The van der Waals surface area contributed by atoms with Gasteiger partial charge >= 0.3 is 5.97 Å². The monoisotopic (exact) mass is 250 g/mol. The molecule has 0 aliphatic carbocycles. The van der Waals surface area contributed by atoms with Crippen molar-refractivity contribution in [2.75, 3.05) is 11.1 Å². The van der Waals surface area contributed by atoms with Gasteiger partial charge in [0.15, 0.2) is 0 Å². The van der Waals surface area contributed by atoms with Crippen molar-refractivity contribution in [3.05, 3.63) is 34.4 Å². The smallest absolute Gasteiger partial charge is 0.337 e. The molecule has 0 spiro atoms. The van der Waals surface area contributed by atoms with Crippen LogP contribution >= 0.6 is 11.3 Å². The standard InChI is InChI=1S/C10H10N4O2S/c11-8-3-13-9(1-7(8)10(15)16)12-2-6-4-17-5-14-6/h1,3-5H,2,11H2,(H,12,13)(H,15,16). The zero-order valence-electron chi connectivity index (χ0n) is 8.75. The number of nitrogens with one attached hydrogen (secondary N) is 1. The first-order chi connectivity index (χ1) is 8.16. The van der Waals surface area contributed by atoms with Crippen molar-refractivity contribution in [3.8, 4) is 0 Å². The Morgan fingerprint density at radius 2 is 2.35 bits per heavy atom. The highest BCUT2D eigenvalue weighted by atomic mass is 32.1. The number of hydrogen-bond acceptors (Lipinski definition) is 6. The molecule has 0 fully saturated rings. The Labute approximate surface area is 101 Å². The SMILES string of the molecule is Nc1cnc(NCc2cscn2)cc1C(=O)O. The summed E-state index contributed by atoms with van der Waals surface area (Å²) < 4.78 is 0. The number of aromatic nitrogens is 2. The molecule has 0 bridgehead atoms. The first-order valence-corrected chi connectivity index (χ1v) is 5.71. The first kappa shape index (κ1) is 11.3. The number of carboxylic acid groups (broad SMARTS) is 1. The van der Waals surface area contributed by atoms with E-state index >= 15 is 0 Å². The number of anilines is 2. The lowest BCUT2D eigenvalue weighted by atomic mass is 10.2. The number of carbonyl (C=O) groups is 1. The predicted molar refractivity (Wildman–Crippen MR) is 65.0 cm³/mol. The molecule has 0 atom stereocenters. The van der Waals surface area contributed by atoms with E-state index < -0.39 is 5.97 Å². The molecule has 7 heteroatoms. The van der Waals surface area contributed by atoms with E-state index in [1.807, 2.05) is 5.38 Å². The van der Waals surface area contributed by atoms with Gasteiger partial charge in [0.1, 0.15) is 5.82 Å². The molecule has 17 heavy (non-hydrogen) atoms. The maximum Gasteiger partial charge on any atom is 0.337 e. The van der Waals surface area contributed by atoms with Crippen molar-refractivity contribution < 1.29 is 9.90 Å². The van der Waals surface area contributed by atoms with Gasteiger partial charge in [0, 0.05) is 5.38 Å². The average Bonchev–Trinajstić information content (AvgIpc) is 2.80. The maximum atomic E-state index is 10.9. The van der Waals surface area contributed by atoms with E-state index in [2.05, 4.69) is 15.3 Å². The van der Waals surface area contributed by atoms with Gasteiger partial charge in [-0.05, 0) is 6.07 Å². The minimum Gasteiger partial charge on any atom is -0.478 e. The summed E-state index contributed by atoms with van der Waals surface area (Å²) in [6.07, 6.45) is 1.33. The summed E-state index contributed by atoms with van der Waals surface area (Å²) in [5, 5.41) is 13.8. The number of hydrogen-bond donors (Lipinski definition) is 3. The molecule has 88 valence electrons. The van der Waals surface area contributed by atoms with E-state index in [-0.39, 0.29) is 11.3 Å². The molecule has 0 saturated carbocycles. The van der Waals surface area contributed by atoms with Crippen LogP contribution in [0.25, 0.3) is 0 Å². The van der Waals surface area contributed by atoms with Gasteiger partial charge in [-0.25, -0.2) is 14.8 Å².